The zero-order valence-corrected chi connectivity index (χ0v) is 7.05. The molecule has 0 bridgehead atoms. The van der Waals surface area contributed by atoms with Crippen LogP contribution >= 0.6 is 0 Å². The molecule has 0 saturated carbocycles. The van der Waals surface area contributed by atoms with E-state index in [2.05, 4.69) is 0 Å². The van der Waals surface area contributed by atoms with E-state index in [0.29, 0.717) is 0 Å². The fourth-order valence-corrected chi connectivity index (χ4v) is 2.02. The molecule has 2 unspecified atom stereocenters. The van der Waals surface area contributed by atoms with Gasteiger partial charge in [0.15, 0.2) is 0 Å². The molecule has 1 aromatic carbocycles. The molecule has 0 amide bonds. The van der Waals surface area contributed by atoms with Crippen LogP contribution in [0.4, 0.5) is 4.39 Å². The Labute approximate surface area is 71.4 Å². The predicted octanol–water partition coefficient (Wildman–Crippen LogP) is 2.33. The van der Waals surface area contributed by atoms with Gasteiger partial charge >= 0.3 is 0 Å². The second kappa shape index (κ2) is 2.56. The van der Waals surface area contributed by atoms with Crippen molar-refractivity contribution in [2.75, 3.05) is 0 Å². The average molecular weight is 165 g/mol. The van der Waals surface area contributed by atoms with E-state index in [4.69, 9.17) is 5.73 Å². The Bertz CT molecular complexity index is 309. The van der Waals surface area contributed by atoms with Gasteiger partial charge in [0, 0.05) is 6.04 Å². The topological polar surface area (TPSA) is 26.0 Å². The Morgan fingerprint density at radius 3 is 2.92 bits per heavy atom. The van der Waals surface area contributed by atoms with E-state index in [1.54, 1.807) is 6.07 Å². The van der Waals surface area contributed by atoms with E-state index >= 15 is 0 Å². The average Bonchev–Trinajstić information content (AvgIpc) is 2.29. The number of nitrogens with two attached hydrogens (primary N) is 1. The number of fused-ring (bicyclic) bond motifs is 1. The maximum atomic E-state index is 13.3. The van der Waals surface area contributed by atoms with Crippen molar-refractivity contribution in [1.82, 2.24) is 0 Å². The molecule has 1 aliphatic rings. The van der Waals surface area contributed by atoms with Gasteiger partial charge in [0.25, 0.3) is 0 Å². The standard InChI is InChI=1S/C10H12FN/c1-6-5-9(12)7-3-2-4-8(11)10(6)7/h2-4,6,9H,5,12H2,1H3. The number of hydrogen-bond donors (Lipinski definition) is 1. The molecule has 0 spiro atoms. The van der Waals surface area contributed by atoms with Gasteiger partial charge in [-0.15, -0.1) is 0 Å². The lowest BCUT2D eigenvalue weighted by Gasteiger charge is -2.04. The van der Waals surface area contributed by atoms with Crippen LogP contribution in [0.5, 0.6) is 0 Å². The number of halogens is 1. The van der Waals surface area contributed by atoms with Gasteiger partial charge in [-0.2, -0.15) is 0 Å². The van der Waals surface area contributed by atoms with Gasteiger partial charge in [-0.05, 0) is 29.5 Å². The van der Waals surface area contributed by atoms with Crippen molar-refractivity contribution in [3.05, 3.63) is 35.1 Å². The summed E-state index contributed by atoms with van der Waals surface area (Å²) in [5.74, 6) is 0.171. The smallest absolute Gasteiger partial charge is 0.127 e. The van der Waals surface area contributed by atoms with Crippen molar-refractivity contribution in [3.63, 3.8) is 0 Å². The van der Waals surface area contributed by atoms with Crippen molar-refractivity contribution in [3.8, 4) is 0 Å². The maximum Gasteiger partial charge on any atom is 0.127 e. The summed E-state index contributed by atoms with van der Waals surface area (Å²) in [6.07, 6.45) is 0.871. The van der Waals surface area contributed by atoms with Crippen LogP contribution in [-0.4, -0.2) is 0 Å². The van der Waals surface area contributed by atoms with Gasteiger partial charge in [-0.3, -0.25) is 0 Å². The first-order valence-electron chi connectivity index (χ1n) is 4.24. The molecule has 12 heavy (non-hydrogen) atoms. The molecule has 2 rings (SSSR count). The molecule has 1 aromatic rings. The van der Waals surface area contributed by atoms with E-state index in [1.807, 2.05) is 13.0 Å². The van der Waals surface area contributed by atoms with E-state index < -0.39 is 0 Å². The Morgan fingerprint density at radius 1 is 1.50 bits per heavy atom. The number of benzene rings is 1. The minimum Gasteiger partial charge on any atom is -0.324 e. The van der Waals surface area contributed by atoms with Gasteiger partial charge in [0.05, 0.1) is 0 Å². The van der Waals surface area contributed by atoms with E-state index in [0.717, 1.165) is 17.5 Å². The molecule has 1 nitrogen and oxygen atoms in total. The third kappa shape index (κ3) is 0.950. The SMILES string of the molecule is CC1CC(N)c2cccc(F)c21. The fraction of sp³-hybridized carbons (Fsp3) is 0.400. The number of rotatable bonds is 0. The highest BCUT2D eigenvalue weighted by atomic mass is 19.1. The van der Waals surface area contributed by atoms with E-state index in [-0.39, 0.29) is 17.8 Å². The maximum absolute atomic E-state index is 13.3. The monoisotopic (exact) mass is 165 g/mol. The van der Waals surface area contributed by atoms with E-state index in [9.17, 15) is 4.39 Å². The van der Waals surface area contributed by atoms with Crippen molar-refractivity contribution >= 4 is 0 Å². The molecule has 0 aliphatic heterocycles. The summed E-state index contributed by atoms with van der Waals surface area (Å²) in [6, 6.07) is 5.19. The van der Waals surface area contributed by atoms with Crippen molar-refractivity contribution in [2.24, 2.45) is 5.73 Å². The van der Waals surface area contributed by atoms with Crippen molar-refractivity contribution in [1.29, 1.82) is 0 Å². The third-order valence-corrected chi connectivity index (χ3v) is 2.59. The highest BCUT2D eigenvalue weighted by Gasteiger charge is 2.27. The quantitative estimate of drug-likeness (QED) is 0.627. The highest BCUT2D eigenvalue weighted by Crippen LogP contribution is 2.39. The Balaban J connectivity index is 2.59. The zero-order valence-electron chi connectivity index (χ0n) is 7.05. The summed E-state index contributed by atoms with van der Waals surface area (Å²) in [6.45, 7) is 2.02. The lowest BCUT2D eigenvalue weighted by Crippen LogP contribution is -2.05. The third-order valence-electron chi connectivity index (χ3n) is 2.59. The molecular formula is C10H12FN. The molecule has 1 aliphatic carbocycles. The van der Waals surface area contributed by atoms with Crippen molar-refractivity contribution < 1.29 is 4.39 Å². The lowest BCUT2D eigenvalue weighted by molar-refractivity contribution is 0.587. The van der Waals surface area contributed by atoms with Crippen LogP contribution in [0, 0.1) is 5.82 Å². The first-order chi connectivity index (χ1) is 5.70. The first kappa shape index (κ1) is 7.74. The van der Waals surface area contributed by atoms with Gasteiger partial charge in [-0.25, -0.2) is 4.39 Å². The second-order valence-corrected chi connectivity index (χ2v) is 3.49. The van der Waals surface area contributed by atoms with Crippen LogP contribution < -0.4 is 5.73 Å². The Kier molecular flexibility index (Phi) is 1.65. The molecule has 2 heteroatoms. The Hall–Kier alpha value is -0.890. The molecule has 64 valence electrons. The molecule has 0 saturated heterocycles. The molecule has 2 atom stereocenters. The number of hydrogen-bond acceptors (Lipinski definition) is 1. The molecular weight excluding hydrogens is 153 g/mol. The summed E-state index contributed by atoms with van der Waals surface area (Å²) < 4.78 is 13.3. The van der Waals surface area contributed by atoms with Crippen LogP contribution in [0.25, 0.3) is 0 Å². The Morgan fingerprint density at radius 2 is 2.25 bits per heavy atom. The lowest BCUT2D eigenvalue weighted by atomic mass is 10.0. The van der Waals surface area contributed by atoms with Gasteiger partial charge in [-0.1, -0.05) is 19.1 Å². The molecule has 0 fully saturated rings. The van der Waals surface area contributed by atoms with Crippen molar-refractivity contribution in [2.45, 2.75) is 25.3 Å². The van der Waals surface area contributed by atoms with Crippen LogP contribution in [-0.2, 0) is 0 Å². The summed E-state index contributed by atoms with van der Waals surface area (Å²) in [5, 5.41) is 0. The summed E-state index contributed by atoms with van der Waals surface area (Å²) in [5.41, 5.74) is 7.65. The van der Waals surface area contributed by atoms with Gasteiger partial charge in [0.2, 0.25) is 0 Å². The normalized spacial score (nSPS) is 27.2. The van der Waals surface area contributed by atoms with Crippen LogP contribution in [0.1, 0.15) is 36.4 Å². The summed E-state index contributed by atoms with van der Waals surface area (Å²) >= 11 is 0. The predicted molar refractivity (Wildman–Crippen MR) is 46.4 cm³/mol. The molecule has 0 heterocycles. The minimum absolute atomic E-state index is 0.0331. The van der Waals surface area contributed by atoms with E-state index in [1.165, 1.54) is 6.07 Å². The first-order valence-corrected chi connectivity index (χ1v) is 4.24. The van der Waals surface area contributed by atoms with Gasteiger partial charge in [0.1, 0.15) is 5.82 Å². The molecule has 0 aromatic heterocycles. The molecule has 0 radical (unpaired) electrons. The summed E-state index contributed by atoms with van der Waals surface area (Å²) in [4.78, 5) is 0. The second-order valence-electron chi connectivity index (χ2n) is 3.49. The zero-order chi connectivity index (χ0) is 8.72. The fourth-order valence-electron chi connectivity index (χ4n) is 2.02. The van der Waals surface area contributed by atoms with Gasteiger partial charge < -0.3 is 5.73 Å². The minimum atomic E-state index is -0.104. The van der Waals surface area contributed by atoms with Crippen LogP contribution in [0.15, 0.2) is 18.2 Å². The molecule has 2 N–H and O–H groups in total. The van der Waals surface area contributed by atoms with Crippen LogP contribution in [0.2, 0.25) is 0 Å². The largest absolute Gasteiger partial charge is 0.324 e. The highest BCUT2D eigenvalue weighted by molar-refractivity contribution is 5.38. The summed E-state index contributed by atoms with van der Waals surface area (Å²) in [7, 11) is 0. The van der Waals surface area contributed by atoms with Crippen LogP contribution in [0.3, 0.4) is 0 Å².